The van der Waals surface area contributed by atoms with E-state index in [1.165, 1.54) is 0 Å². The molecule has 0 radical (unpaired) electrons. The van der Waals surface area contributed by atoms with Crippen molar-refractivity contribution in [3.8, 4) is 6.07 Å². The van der Waals surface area contributed by atoms with Crippen LogP contribution in [0.2, 0.25) is 0 Å². The normalized spacial score (nSPS) is 28.0. The predicted molar refractivity (Wildman–Crippen MR) is 82.5 cm³/mol. The van der Waals surface area contributed by atoms with Crippen molar-refractivity contribution in [1.29, 1.82) is 5.26 Å². The Hall–Kier alpha value is -2.00. The third kappa shape index (κ3) is 2.88. The Morgan fingerprint density at radius 3 is 3.05 bits per heavy atom. The van der Waals surface area contributed by atoms with Gasteiger partial charge >= 0.3 is 0 Å². The molecule has 106 valence electrons. The first-order valence-electron chi connectivity index (χ1n) is 6.65. The van der Waals surface area contributed by atoms with Crippen LogP contribution in [0.5, 0.6) is 0 Å². The number of pyridine rings is 1. The van der Waals surface area contributed by atoms with E-state index in [0.717, 1.165) is 16.3 Å². The molecule has 0 saturated carbocycles. The SMILES string of the molecule is CC1N=C(C2=CC(F)CN=C2)SC1c1cccc(C#N)n1. The number of alkyl halides is 1. The van der Waals surface area contributed by atoms with E-state index >= 15 is 0 Å². The zero-order chi connectivity index (χ0) is 14.8. The zero-order valence-electron chi connectivity index (χ0n) is 11.4. The first-order chi connectivity index (χ1) is 10.2. The summed E-state index contributed by atoms with van der Waals surface area (Å²) >= 11 is 1.55. The van der Waals surface area contributed by atoms with Gasteiger partial charge in [-0.1, -0.05) is 17.8 Å². The molecular weight excluding hydrogens is 287 g/mol. The second-order valence-corrected chi connectivity index (χ2v) is 6.04. The summed E-state index contributed by atoms with van der Waals surface area (Å²) in [5, 5.41) is 9.78. The van der Waals surface area contributed by atoms with Crippen molar-refractivity contribution in [3.63, 3.8) is 0 Å². The summed E-state index contributed by atoms with van der Waals surface area (Å²) < 4.78 is 13.4. The molecule has 2 aliphatic heterocycles. The molecule has 1 aromatic heterocycles. The van der Waals surface area contributed by atoms with Crippen LogP contribution in [-0.4, -0.2) is 35.0 Å². The summed E-state index contributed by atoms with van der Waals surface area (Å²) in [6.45, 7) is 2.19. The molecule has 0 spiro atoms. The summed E-state index contributed by atoms with van der Waals surface area (Å²) in [5.41, 5.74) is 1.97. The standard InChI is InChI=1S/C15H13FN4S/c1-9-14(13-4-2-3-12(6-17)20-13)21-15(19-9)10-5-11(16)8-18-7-10/h2-5,7,9,11,14H,8H2,1H3. The Kier molecular flexibility index (Phi) is 3.84. The van der Waals surface area contributed by atoms with Crippen molar-refractivity contribution in [2.24, 2.45) is 9.98 Å². The molecule has 6 heteroatoms. The van der Waals surface area contributed by atoms with Crippen molar-refractivity contribution in [2.75, 3.05) is 6.54 Å². The van der Waals surface area contributed by atoms with Gasteiger partial charge in [0.15, 0.2) is 0 Å². The summed E-state index contributed by atoms with van der Waals surface area (Å²) in [6.07, 6.45) is 2.20. The van der Waals surface area contributed by atoms with Gasteiger partial charge in [-0.25, -0.2) is 9.37 Å². The first kappa shape index (κ1) is 14.0. The highest BCUT2D eigenvalue weighted by molar-refractivity contribution is 8.15. The van der Waals surface area contributed by atoms with E-state index in [4.69, 9.17) is 5.26 Å². The maximum atomic E-state index is 13.4. The fraction of sp³-hybridized carbons (Fsp3) is 0.333. The Morgan fingerprint density at radius 2 is 2.29 bits per heavy atom. The molecule has 0 amide bonds. The van der Waals surface area contributed by atoms with E-state index in [1.807, 2.05) is 25.1 Å². The van der Waals surface area contributed by atoms with Gasteiger partial charge in [0.25, 0.3) is 0 Å². The predicted octanol–water partition coefficient (Wildman–Crippen LogP) is 2.88. The molecule has 2 aliphatic rings. The van der Waals surface area contributed by atoms with E-state index in [0.29, 0.717) is 5.69 Å². The first-order valence-corrected chi connectivity index (χ1v) is 7.53. The van der Waals surface area contributed by atoms with Crippen LogP contribution < -0.4 is 0 Å². The fourth-order valence-electron chi connectivity index (χ4n) is 2.29. The molecule has 0 saturated heterocycles. The van der Waals surface area contributed by atoms with Gasteiger partial charge in [0, 0.05) is 11.8 Å². The number of nitriles is 1. The summed E-state index contributed by atoms with van der Waals surface area (Å²) in [7, 11) is 0. The Morgan fingerprint density at radius 1 is 1.43 bits per heavy atom. The molecule has 3 rings (SSSR count). The molecule has 0 N–H and O–H groups in total. The van der Waals surface area contributed by atoms with Crippen LogP contribution in [0.15, 0.2) is 39.8 Å². The molecular formula is C15H13FN4S. The average Bonchev–Trinajstić information content (AvgIpc) is 2.89. The maximum Gasteiger partial charge on any atom is 0.140 e. The highest BCUT2D eigenvalue weighted by atomic mass is 32.2. The number of aromatic nitrogens is 1. The van der Waals surface area contributed by atoms with Gasteiger partial charge in [0.05, 0.1) is 23.5 Å². The molecule has 3 unspecified atom stereocenters. The van der Waals surface area contributed by atoms with Crippen LogP contribution >= 0.6 is 11.8 Å². The molecule has 3 atom stereocenters. The summed E-state index contributed by atoms with van der Waals surface area (Å²) in [6, 6.07) is 7.48. The highest BCUT2D eigenvalue weighted by Gasteiger charge is 2.31. The number of thioether (sulfide) groups is 1. The quantitative estimate of drug-likeness (QED) is 0.843. The van der Waals surface area contributed by atoms with Crippen molar-refractivity contribution >= 4 is 23.0 Å². The summed E-state index contributed by atoms with van der Waals surface area (Å²) in [5.74, 6) is 0. The summed E-state index contributed by atoms with van der Waals surface area (Å²) in [4.78, 5) is 12.9. The minimum absolute atomic E-state index is 0.0285. The van der Waals surface area contributed by atoms with Crippen LogP contribution in [0.25, 0.3) is 0 Å². The molecule has 0 bridgehead atoms. The largest absolute Gasteiger partial charge is 0.289 e. The monoisotopic (exact) mass is 300 g/mol. The number of dihydropyridines is 1. The maximum absolute atomic E-state index is 13.4. The minimum atomic E-state index is -1.04. The third-order valence-corrected chi connectivity index (χ3v) is 4.75. The Labute approximate surface area is 126 Å². The smallest absolute Gasteiger partial charge is 0.140 e. The van der Waals surface area contributed by atoms with E-state index in [-0.39, 0.29) is 17.8 Å². The van der Waals surface area contributed by atoms with Gasteiger partial charge in [-0.2, -0.15) is 5.26 Å². The molecule has 1 aromatic rings. The van der Waals surface area contributed by atoms with Gasteiger partial charge in [0.1, 0.15) is 23.0 Å². The molecule has 0 aliphatic carbocycles. The molecule has 0 aromatic carbocycles. The van der Waals surface area contributed by atoms with Gasteiger partial charge in [-0.3, -0.25) is 9.98 Å². The van der Waals surface area contributed by atoms with Gasteiger partial charge in [-0.05, 0) is 25.1 Å². The molecule has 21 heavy (non-hydrogen) atoms. The second kappa shape index (κ2) is 5.78. The Balaban J connectivity index is 1.83. The van der Waals surface area contributed by atoms with Crippen LogP contribution in [0.1, 0.15) is 23.6 Å². The topological polar surface area (TPSA) is 61.4 Å². The lowest BCUT2D eigenvalue weighted by Crippen LogP contribution is -2.11. The van der Waals surface area contributed by atoms with Crippen molar-refractivity contribution < 1.29 is 4.39 Å². The Bertz CT molecular complexity index is 689. The van der Waals surface area contributed by atoms with E-state index < -0.39 is 6.17 Å². The second-order valence-electron chi connectivity index (χ2n) is 4.91. The average molecular weight is 300 g/mol. The number of nitrogens with zero attached hydrogens (tertiary/aromatic N) is 4. The van der Waals surface area contributed by atoms with Gasteiger partial charge < -0.3 is 0 Å². The van der Waals surface area contributed by atoms with Crippen molar-refractivity contribution in [3.05, 3.63) is 41.2 Å². The lowest BCUT2D eigenvalue weighted by molar-refractivity contribution is 0.407. The van der Waals surface area contributed by atoms with Crippen LogP contribution in [0, 0.1) is 11.3 Å². The van der Waals surface area contributed by atoms with Crippen molar-refractivity contribution in [2.45, 2.75) is 24.4 Å². The number of rotatable bonds is 2. The molecule has 4 nitrogen and oxygen atoms in total. The fourth-order valence-corrected chi connectivity index (χ4v) is 3.53. The zero-order valence-corrected chi connectivity index (χ0v) is 12.2. The number of halogens is 1. The molecule has 0 fully saturated rings. The lowest BCUT2D eigenvalue weighted by atomic mass is 10.1. The van der Waals surface area contributed by atoms with Gasteiger partial charge in [-0.15, -0.1) is 0 Å². The van der Waals surface area contributed by atoms with Crippen LogP contribution in [-0.2, 0) is 0 Å². The highest BCUT2D eigenvalue weighted by Crippen LogP contribution is 2.41. The van der Waals surface area contributed by atoms with Gasteiger partial charge in [0.2, 0.25) is 0 Å². The van der Waals surface area contributed by atoms with E-state index in [2.05, 4.69) is 15.0 Å². The number of aliphatic imine (C=N–C) groups is 2. The third-order valence-electron chi connectivity index (χ3n) is 3.29. The van der Waals surface area contributed by atoms with E-state index in [1.54, 1.807) is 30.1 Å². The van der Waals surface area contributed by atoms with Crippen molar-refractivity contribution in [1.82, 2.24) is 4.98 Å². The van der Waals surface area contributed by atoms with E-state index in [9.17, 15) is 4.39 Å². The minimum Gasteiger partial charge on any atom is -0.289 e. The molecule has 3 heterocycles. The van der Waals surface area contributed by atoms with Crippen LogP contribution in [0.4, 0.5) is 4.39 Å². The lowest BCUT2D eigenvalue weighted by Gasteiger charge is -2.13. The number of hydrogen-bond donors (Lipinski definition) is 0. The number of hydrogen-bond acceptors (Lipinski definition) is 5. The van der Waals surface area contributed by atoms with Crippen LogP contribution in [0.3, 0.4) is 0 Å².